The molecule has 0 saturated heterocycles. The normalized spacial score (nSPS) is 11.2. The van der Waals surface area contributed by atoms with E-state index in [0.29, 0.717) is 34.5 Å². The number of rotatable bonds is 6. The van der Waals surface area contributed by atoms with Crippen molar-refractivity contribution in [1.82, 2.24) is 0 Å². The fourth-order valence-corrected chi connectivity index (χ4v) is 3.77. The molecule has 4 nitrogen and oxygen atoms in total. The topological polar surface area (TPSA) is 62.1 Å². The lowest BCUT2D eigenvalue weighted by Gasteiger charge is -2.13. The number of hydrogen-bond donors (Lipinski definition) is 1. The van der Waals surface area contributed by atoms with Crippen molar-refractivity contribution >= 4 is 61.1 Å². The zero-order valence-corrected chi connectivity index (χ0v) is 18.7. The minimum atomic E-state index is -0.507. The number of nitrogens with one attached hydrogen (secondary N) is 1. The first-order valence-electron chi connectivity index (χ1n) is 8.10. The van der Waals surface area contributed by atoms with Crippen LogP contribution in [0.1, 0.15) is 19.4 Å². The van der Waals surface area contributed by atoms with E-state index < -0.39 is 5.91 Å². The monoisotopic (exact) mass is 510 g/mol. The Morgan fingerprint density at radius 2 is 1.96 bits per heavy atom. The van der Waals surface area contributed by atoms with Gasteiger partial charge in [0.2, 0.25) is 0 Å². The quantitative estimate of drug-likeness (QED) is 0.358. The first kappa shape index (κ1) is 21.5. The molecule has 2 rings (SSSR count). The highest BCUT2D eigenvalue weighted by atomic mass is 79.9. The third kappa shape index (κ3) is 6.39. The summed E-state index contributed by atoms with van der Waals surface area (Å²) in [4.78, 5) is 12.4. The third-order valence-electron chi connectivity index (χ3n) is 3.34. The number of carbonyl (C=O) groups is 1. The van der Waals surface area contributed by atoms with Crippen LogP contribution < -0.4 is 10.1 Å². The number of carbonyl (C=O) groups excluding carboxylic acids is 1. The molecule has 1 N–H and O–H groups in total. The SMILES string of the molecule is CC(C)COc1c(Br)cc(/C=C(\C#N)C(=O)Nc2cccc(Cl)c2)cc1Br. The molecule has 0 heterocycles. The van der Waals surface area contributed by atoms with Crippen LogP contribution in [-0.4, -0.2) is 12.5 Å². The van der Waals surface area contributed by atoms with Crippen LogP contribution in [0.4, 0.5) is 5.69 Å². The fourth-order valence-electron chi connectivity index (χ4n) is 2.13. The Morgan fingerprint density at radius 3 is 2.52 bits per heavy atom. The molecule has 1 amide bonds. The van der Waals surface area contributed by atoms with Gasteiger partial charge in [-0.2, -0.15) is 5.26 Å². The fraction of sp³-hybridized carbons (Fsp3) is 0.200. The van der Waals surface area contributed by atoms with E-state index in [9.17, 15) is 10.1 Å². The van der Waals surface area contributed by atoms with E-state index >= 15 is 0 Å². The number of benzene rings is 2. The molecule has 0 atom stereocenters. The van der Waals surface area contributed by atoms with Gasteiger partial charge in [-0.3, -0.25) is 4.79 Å². The van der Waals surface area contributed by atoms with Crippen molar-refractivity contribution in [2.24, 2.45) is 5.92 Å². The van der Waals surface area contributed by atoms with E-state index in [0.717, 1.165) is 8.95 Å². The minimum absolute atomic E-state index is 0.0235. The molecule has 0 spiro atoms. The maximum atomic E-state index is 12.4. The van der Waals surface area contributed by atoms with Gasteiger partial charge in [0.05, 0.1) is 15.6 Å². The summed E-state index contributed by atoms with van der Waals surface area (Å²) in [7, 11) is 0. The molecule has 0 aliphatic carbocycles. The number of nitrogens with zero attached hydrogens (tertiary/aromatic N) is 1. The van der Waals surface area contributed by atoms with E-state index in [-0.39, 0.29) is 5.57 Å². The van der Waals surface area contributed by atoms with Gasteiger partial charge in [0.1, 0.15) is 17.4 Å². The summed E-state index contributed by atoms with van der Waals surface area (Å²) >= 11 is 12.9. The van der Waals surface area contributed by atoms with Gasteiger partial charge in [0.15, 0.2) is 0 Å². The van der Waals surface area contributed by atoms with Crippen LogP contribution >= 0.6 is 43.5 Å². The lowest BCUT2D eigenvalue weighted by molar-refractivity contribution is -0.112. The Morgan fingerprint density at radius 1 is 1.30 bits per heavy atom. The van der Waals surface area contributed by atoms with Gasteiger partial charge < -0.3 is 10.1 Å². The Hall–Kier alpha value is -1.81. The van der Waals surface area contributed by atoms with Crippen molar-refractivity contribution in [3.63, 3.8) is 0 Å². The number of anilines is 1. The van der Waals surface area contributed by atoms with Crippen LogP contribution in [0, 0.1) is 17.2 Å². The molecule has 7 heteroatoms. The maximum Gasteiger partial charge on any atom is 0.266 e. The smallest absolute Gasteiger partial charge is 0.266 e. The zero-order chi connectivity index (χ0) is 20.0. The first-order chi connectivity index (χ1) is 12.8. The predicted octanol–water partition coefficient (Wildman–Crippen LogP) is 6.45. The van der Waals surface area contributed by atoms with Crippen LogP contribution in [0.3, 0.4) is 0 Å². The highest BCUT2D eigenvalue weighted by Crippen LogP contribution is 2.35. The number of amides is 1. The molecule has 27 heavy (non-hydrogen) atoms. The summed E-state index contributed by atoms with van der Waals surface area (Å²) in [5.41, 5.74) is 1.18. The van der Waals surface area contributed by atoms with E-state index in [2.05, 4.69) is 51.0 Å². The Bertz CT molecular complexity index is 897. The second-order valence-electron chi connectivity index (χ2n) is 6.15. The Labute approximate surface area is 180 Å². The number of halogens is 3. The van der Waals surface area contributed by atoms with Gasteiger partial charge >= 0.3 is 0 Å². The predicted molar refractivity (Wildman–Crippen MR) is 116 cm³/mol. The van der Waals surface area contributed by atoms with Gasteiger partial charge in [-0.1, -0.05) is 31.5 Å². The summed E-state index contributed by atoms with van der Waals surface area (Å²) in [6.07, 6.45) is 1.52. The molecule has 140 valence electrons. The Kier molecular flexibility index (Phi) is 7.91. The summed E-state index contributed by atoms with van der Waals surface area (Å²) in [5, 5.41) is 12.5. The summed E-state index contributed by atoms with van der Waals surface area (Å²) in [6.45, 7) is 4.71. The van der Waals surface area contributed by atoms with Gasteiger partial charge in [-0.25, -0.2) is 0 Å². The van der Waals surface area contributed by atoms with Gasteiger partial charge in [0, 0.05) is 10.7 Å². The maximum absolute atomic E-state index is 12.4. The van der Waals surface area contributed by atoms with Crippen LogP contribution in [0.25, 0.3) is 6.08 Å². The molecular formula is C20H17Br2ClN2O2. The number of hydrogen-bond acceptors (Lipinski definition) is 3. The molecular weight excluding hydrogens is 495 g/mol. The van der Waals surface area contributed by atoms with Crippen LogP contribution in [0.5, 0.6) is 5.75 Å². The molecule has 0 aliphatic heterocycles. The van der Waals surface area contributed by atoms with Crippen molar-refractivity contribution in [2.45, 2.75) is 13.8 Å². The van der Waals surface area contributed by atoms with Crippen LogP contribution in [0.2, 0.25) is 5.02 Å². The molecule has 0 radical (unpaired) electrons. The standard InChI is InChI=1S/C20H17Br2ClN2O2/c1-12(2)11-27-19-17(21)7-13(8-18(19)22)6-14(10-24)20(26)25-16-5-3-4-15(23)9-16/h3-9,12H,11H2,1-2H3,(H,25,26)/b14-6+. The van der Waals surface area contributed by atoms with Crippen molar-refractivity contribution < 1.29 is 9.53 Å². The second kappa shape index (κ2) is 9.93. The number of nitriles is 1. The third-order valence-corrected chi connectivity index (χ3v) is 4.75. The van der Waals surface area contributed by atoms with Gasteiger partial charge in [-0.15, -0.1) is 0 Å². The highest BCUT2D eigenvalue weighted by Gasteiger charge is 2.13. The van der Waals surface area contributed by atoms with Crippen molar-refractivity contribution in [2.75, 3.05) is 11.9 Å². The molecule has 0 aliphatic rings. The lowest BCUT2D eigenvalue weighted by atomic mass is 10.1. The van der Waals surface area contributed by atoms with Crippen LogP contribution in [0.15, 0.2) is 50.9 Å². The van der Waals surface area contributed by atoms with E-state index in [1.54, 1.807) is 36.4 Å². The zero-order valence-electron chi connectivity index (χ0n) is 14.7. The second-order valence-corrected chi connectivity index (χ2v) is 8.30. The van der Waals surface area contributed by atoms with Crippen molar-refractivity contribution in [3.05, 3.63) is 61.5 Å². The van der Waals surface area contributed by atoms with E-state index in [1.807, 2.05) is 6.07 Å². The minimum Gasteiger partial charge on any atom is -0.491 e. The summed E-state index contributed by atoms with van der Waals surface area (Å²) in [5.74, 6) is 0.568. The molecule has 2 aromatic carbocycles. The lowest BCUT2D eigenvalue weighted by Crippen LogP contribution is -2.13. The molecule has 0 unspecified atom stereocenters. The molecule has 2 aromatic rings. The largest absolute Gasteiger partial charge is 0.491 e. The molecule has 0 aromatic heterocycles. The average molecular weight is 513 g/mol. The van der Waals surface area contributed by atoms with Crippen LogP contribution in [-0.2, 0) is 4.79 Å². The van der Waals surface area contributed by atoms with Crippen molar-refractivity contribution in [1.29, 1.82) is 5.26 Å². The summed E-state index contributed by atoms with van der Waals surface area (Å²) in [6, 6.07) is 12.3. The summed E-state index contributed by atoms with van der Waals surface area (Å²) < 4.78 is 7.25. The van der Waals surface area contributed by atoms with Crippen molar-refractivity contribution in [3.8, 4) is 11.8 Å². The number of ether oxygens (including phenoxy) is 1. The van der Waals surface area contributed by atoms with E-state index in [4.69, 9.17) is 16.3 Å². The molecule has 0 fully saturated rings. The van der Waals surface area contributed by atoms with E-state index in [1.165, 1.54) is 6.08 Å². The average Bonchev–Trinajstić information content (AvgIpc) is 2.58. The van der Waals surface area contributed by atoms with Gasteiger partial charge in [0.25, 0.3) is 5.91 Å². The van der Waals surface area contributed by atoms with Gasteiger partial charge in [-0.05, 0) is 79.7 Å². The molecule has 0 saturated carbocycles. The first-order valence-corrected chi connectivity index (χ1v) is 10.1. The highest BCUT2D eigenvalue weighted by molar-refractivity contribution is 9.11. The molecule has 0 bridgehead atoms. The Balaban J connectivity index is 2.24.